The molecule has 1 aliphatic carbocycles. The second kappa shape index (κ2) is 5.49. The molecule has 3 rings (SSSR count). The molecule has 18 heavy (non-hydrogen) atoms. The summed E-state index contributed by atoms with van der Waals surface area (Å²) in [5, 5.41) is 4.77. The van der Waals surface area contributed by atoms with Crippen LogP contribution in [-0.4, -0.2) is 11.5 Å². The van der Waals surface area contributed by atoms with E-state index in [1.165, 1.54) is 36.6 Å². The van der Waals surface area contributed by atoms with Crippen molar-refractivity contribution in [2.75, 3.05) is 6.54 Å². The summed E-state index contributed by atoms with van der Waals surface area (Å²) in [5.74, 6) is 1.05. The minimum atomic E-state index is 0.930. The summed E-state index contributed by atoms with van der Waals surface area (Å²) in [6.07, 6.45) is 7.52. The standard InChI is InChI=1S/C16H20N2/c1-5-14-7-3-11-18-16(14)15(6-1)12-17-10-2-4-13-8-9-13/h1,3,5-7,11,13,17H,2,4,8-10,12H2. The summed E-state index contributed by atoms with van der Waals surface area (Å²) < 4.78 is 0. The average Bonchev–Trinajstić information content (AvgIpc) is 3.23. The number of hydrogen-bond acceptors (Lipinski definition) is 2. The molecule has 2 aromatic rings. The maximum Gasteiger partial charge on any atom is 0.0746 e. The third-order valence-corrected chi connectivity index (χ3v) is 3.69. The lowest BCUT2D eigenvalue weighted by Gasteiger charge is -2.07. The molecule has 0 atom stereocenters. The predicted molar refractivity (Wildman–Crippen MR) is 75.4 cm³/mol. The first-order chi connectivity index (χ1) is 8.93. The van der Waals surface area contributed by atoms with Gasteiger partial charge in [-0.1, -0.05) is 37.1 Å². The van der Waals surface area contributed by atoms with Crippen molar-refractivity contribution in [2.24, 2.45) is 5.92 Å². The summed E-state index contributed by atoms with van der Waals surface area (Å²) in [5.41, 5.74) is 2.44. The molecule has 0 amide bonds. The lowest BCUT2D eigenvalue weighted by atomic mass is 10.1. The van der Waals surface area contributed by atoms with Gasteiger partial charge < -0.3 is 5.32 Å². The highest BCUT2D eigenvalue weighted by Crippen LogP contribution is 2.33. The topological polar surface area (TPSA) is 24.9 Å². The Hall–Kier alpha value is -1.41. The number of hydrogen-bond donors (Lipinski definition) is 1. The van der Waals surface area contributed by atoms with Gasteiger partial charge in [-0.15, -0.1) is 0 Å². The third-order valence-electron chi connectivity index (χ3n) is 3.69. The summed E-state index contributed by atoms with van der Waals surface area (Å²) in [6.45, 7) is 2.05. The van der Waals surface area contributed by atoms with E-state index in [1.807, 2.05) is 12.3 Å². The van der Waals surface area contributed by atoms with E-state index in [4.69, 9.17) is 0 Å². The smallest absolute Gasteiger partial charge is 0.0746 e. The normalized spacial score (nSPS) is 15.1. The van der Waals surface area contributed by atoms with Crippen molar-refractivity contribution in [1.82, 2.24) is 10.3 Å². The second-order valence-corrected chi connectivity index (χ2v) is 5.25. The van der Waals surface area contributed by atoms with Gasteiger partial charge >= 0.3 is 0 Å². The summed E-state index contributed by atoms with van der Waals surface area (Å²) in [6, 6.07) is 10.5. The fraction of sp³-hybridized carbons (Fsp3) is 0.438. The molecule has 0 spiro atoms. The molecule has 1 aliphatic rings. The molecule has 1 fully saturated rings. The molecule has 0 unspecified atom stereocenters. The van der Waals surface area contributed by atoms with E-state index in [2.05, 4.69) is 34.6 Å². The Morgan fingerprint density at radius 3 is 2.94 bits per heavy atom. The fourth-order valence-electron chi connectivity index (χ4n) is 2.46. The molecule has 2 nitrogen and oxygen atoms in total. The van der Waals surface area contributed by atoms with Crippen LogP contribution in [0.5, 0.6) is 0 Å². The van der Waals surface area contributed by atoms with Gasteiger partial charge in [0.25, 0.3) is 0 Å². The van der Waals surface area contributed by atoms with Crippen molar-refractivity contribution in [3.8, 4) is 0 Å². The monoisotopic (exact) mass is 240 g/mol. The largest absolute Gasteiger partial charge is 0.313 e. The molecular weight excluding hydrogens is 220 g/mol. The highest BCUT2D eigenvalue weighted by Gasteiger charge is 2.19. The van der Waals surface area contributed by atoms with Crippen LogP contribution in [0.4, 0.5) is 0 Å². The molecule has 1 heterocycles. The molecule has 1 aromatic heterocycles. The first-order valence-corrected chi connectivity index (χ1v) is 6.97. The van der Waals surface area contributed by atoms with E-state index in [-0.39, 0.29) is 0 Å². The van der Waals surface area contributed by atoms with Crippen LogP contribution in [0.3, 0.4) is 0 Å². The lowest BCUT2D eigenvalue weighted by molar-refractivity contribution is 0.595. The molecular formula is C16H20N2. The van der Waals surface area contributed by atoms with Crippen LogP contribution in [-0.2, 0) is 6.54 Å². The molecule has 0 saturated heterocycles. The van der Waals surface area contributed by atoms with E-state index in [0.717, 1.165) is 24.5 Å². The van der Waals surface area contributed by atoms with Crippen molar-refractivity contribution in [1.29, 1.82) is 0 Å². The average molecular weight is 240 g/mol. The van der Waals surface area contributed by atoms with Gasteiger partial charge in [-0.25, -0.2) is 0 Å². The number of nitrogens with one attached hydrogen (secondary N) is 1. The van der Waals surface area contributed by atoms with Crippen molar-refractivity contribution in [3.05, 3.63) is 42.1 Å². The van der Waals surface area contributed by atoms with Crippen LogP contribution in [0.25, 0.3) is 10.9 Å². The Labute approximate surface area is 108 Å². The van der Waals surface area contributed by atoms with E-state index in [9.17, 15) is 0 Å². The number of benzene rings is 1. The quantitative estimate of drug-likeness (QED) is 0.781. The predicted octanol–water partition coefficient (Wildman–Crippen LogP) is 3.51. The number of aromatic nitrogens is 1. The van der Waals surface area contributed by atoms with Crippen molar-refractivity contribution in [3.63, 3.8) is 0 Å². The molecule has 94 valence electrons. The first-order valence-electron chi connectivity index (χ1n) is 6.97. The van der Waals surface area contributed by atoms with E-state index in [0.29, 0.717) is 0 Å². The number of rotatable bonds is 6. The van der Waals surface area contributed by atoms with Crippen LogP contribution < -0.4 is 5.32 Å². The van der Waals surface area contributed by atoms with Crippen LogP contribution in [0.15, 0.2) is 36.5 Å². The number of pyridine rings is 1. The van der Waals surface area contributed by atoms with Crippen molar-refractivity contribution < 1.29 is 0 Å². The first kappa shape index (κ1) is 11.7. The maximum atomic E-state index is 4.48. The van der Waals surface area contributed by atoms with Crippen LogP contribution in [0, 0.1) is 5.92 Å². The van der Waals surface area contributed by atoms with Crippen LogP contribution in [0.1, 0.15) is 31.2 Å². The van der Waals surface area contributed by atoms with Gasteiger partial charge in [0.05, 0.1) is 5.52 Å². The zero-order valence-corrected chi connectivity index (χ0v) is 10.7. The minimum Gasteiger partial charge on any atom is -0.313 e. The Balaban J connectivity index is 1.56. The highest BCUT2D eigenvalue weighted by molar-refractivity contribution is 5.81. The summed E-state index contributed by atoms with van der Waals surface area (Å²) in [4.78, 5) is 4.48. The minimum absolute atomic E-state index is 0.930. The van der Waals surface area contributed by atoms with Crippen molar-refractivity contribution >= 4 is 10.9 Å². The highest BCUT2D eigenvalue weighted by atomic mass is 14.8. The van der Waals surface area contributed by atoms with E-state index < -0.39 is 0 Å². The summed E-state index contributed by atoms with van der Waals surface area (Å²) >= 11 is 0. The Kier molecular flexibility index (Phi) is 3.56. The zero-order valence-electron chi connectivity index (χ0n) is 10.7. The molecule has 0 radical (unpaired) electrons. The number of para-hydroxylation sites is 1. The van der Waals surface area contributed by atoms with Gasteiger partial charge in [0.15, 0.2) is 0 Å². The number of fused-ring (bicyclic) bond motifs is 1. The van der Waals surface area contributed by atoms with Gasteiger partial charge in [-0.3, -0.25) is 4.98 Å². The van der Waals surface area contributed by atoms with Gasteiger partial charge in [0, 0.05) is 18.1 Å². The molecule has 1 N–H and O–H groups in total. The van der Waals surface area contributed by atoms with Gasteiger partial charge in [0.1, 0.15) is 0 Å². The molecule has 0 bridgehead atoms. The Bertz CT molecular complexity index is 512. The number of nitrogens with zero attached hydrogens (tertiary/aromatic N) is 1. The van der Waals surface area contributed by atoms with Gasteiger partial charge in [-0.05, 0) is 36.9 Å². The second-order valence-electron chi connectivity index (χ2n) is 5.25. The van der Waals surface area contributed by atoms with Gasteiger partial charge in [0.2, 0.25) is 0 Å². The van der Waals surface area contributed by atoms with Gasteiger partial charge in [-0.2, -0.15) is 0 Å². The third kappa shape index (κ3) is 2.88. The summed E-state index contributed by atoms with van der Waals surface area (Å²) in [7, 11) is 0. The molecule has 1 saturated carbocycles. The molecule has 1 aromatic carbocycles. The van der Waals surface area contributed by atoms with E-state index >= 15 is 0 Å². The van der Waals surface area contributed by atoms with E-state index in [1.54, 1.807) is 0 Å². The Morgan fingerprint density at radius 2 is 2.06 bits per heavy atom. The fourth-order valence-corrected chi connectivity index (χ4v) is 2.46. The molecule has 2 heteroatoms. The lowest BCUT2D eigenvalue weighted by Crippen LogP contribution is -2.15. The van der Waals surface area contributed by atoms with Crippen molar-refractivity contribution in [2.45, 2.75) is 32.2 Å². The zero-order chi connectivity index (χ0) is 12.2. The van der Waals surface area contributed by atoms with Crippen LogP contribution in [0.2, 0.25) is 0 Å². The SMILES string of the molecule is c1cnc2c(CNCCCC3CC3)cccc2c1. The molecule has 0 aliphatic heterocycles. The Morgan fingerprint density at radius 1 is 1.17 bits per heavy atom. The van der Waals surface area contributed by atoms with Crippen LogP contribution >= 0.6 is 0 Å². The maximum absolute atomic E-state index is 4.48.